The van der Waals surface area contributed by atoms with E-state index in [0.29, 0.717) is 32.7 Å². The maximum atomic E-state index is 11.6. The molecule has 0 aromatic carbocycles. The molecule has 0 spiro atoms. The minimum Gasteiger partial charge on any atom is -0.379 e. The van der Waals surface area contributed by atoms with Crippen molar-refractivity contribution < 1.29 is 17.7 Å². The van der Waals surface area contributed by atoms with Gasteiger partial charge in [-0.15, -0.1) is 0 Å². The Balaban J connectivity index is 2.16. The van der Waals surface area contributed by atoms with Gasteiger partial charge in [0, 0.05) is 13.1 Å². The maximum Gasteiger partial charge on any atom is 0.281 e. The third-order valence-electron chi connectivity index (χ3n) is 4.35. The number of nitrogens with zero attached hydrogens (tertiary/aromatic N) is 1. The first-order chi connectivity index (χ1) is 10.6. The highest BCUT2D eigenvalue weighted by Crippen LogP contribution is 2.18. The molecule has 0 saturated carbocycles. The van der Waals surface area contributed by atoms with Gasteiger partial charge < -0.3 is 4.74 Å². The van der Waals surface area contributed by atoms with Crippen LogP contribution in [0.5, 0.6) is 0 Å². The van der Waals surface area contributed by atoms with Crippen LogP contribution in [0.15, 0.2) is 0 Å². The zero-order valence-electron chi connectivity index (χ0n) is 14.0. The lowest BCUT2D eigenvalue weighted by Crippen LogP contribution is -2.47. The molecule has 0 amide bonds. The highest BCUT2D eigenvalue weighted by Gasteiger charge is 2.30. The lowest BCUT2D eigenvalue weighted by Gasteiger charge is -2.32. The maximum absolute atomic E-state index is 11.6. The molecule has 0 aromatic heterocycles. The summed E-state index contributed by atoms with van der Waals surface area (Å²) in [5.74, 6) is 0. The van der Waals surface area contributed by atoms with Gasteiger partial charge in [-0.1, -0.05) is 64.7 Å². The standard InChI is InChI=1S/C16H33NO4S/c1-2-3-4-5-6-7-8-9-10-11-16(22(18,19)20)17-12-14-21-15-13-17/h16H,2-15H2,1H3,(H,18,19,20). The van der Waals surface area contributed by atoms with Crippen LogP contribution in [0.25, 0.3) is 0 Å². The van der Waals surface area contributed by atoms with Crippen molar-refractivity contribution >= 4 is 10.1 Å². The third kappa shape index (κ3) is 8.46. The fraction of sp³-hybridized carbons (Fsp3) is 1.00. The molecule has 1 aliphatic rings. The molecule has 5 nitrogen and oxygen atoms in total. The van der Waals surface area contributed by atoms with Crippen LogP contribution in [0.3, 0.4) is 0 Å². The molecule has 1 saturated heterocycles. The summed E-state index contributed by atoms with van der Waals surface area (Å²) in [6.45, 7) is 4.48. The molecular formula is C16H33NO4S. The molecule has 132 valence electrons. The van der Waals surface area contributed by atoms with Gasteiger partial charge in [-0.25, -0.2) is 0 Å². The number of hydrogen-bond acceptors (Lipinski definition) is 4. The van der Waals surface area contributed by atoms with E-state index < -0.39 is 15.5 Å². The number of ether oxygens (including phenoxy) is 1. The highest BCUT2D eigenvalue weighted by molar-refractivity contribution is 7.86. The topological polar surface area (TPSA) is 66.8 Å². The fourth-order valence-electron chi connectivity index (χ4n) is 3.01. The van der Waals surface area contributed by atoms with Gasteiger partial charge in [0.2, 0.25) is 0 Å². The molecule has 22 heavy (non-hydrogen) atoms. The first-order valence-corrected chi connectivity index (χ1v) is 10.3. The Morgan fingerprint density at radius 2 is 1.45 bits per heavy atom. The summed E-state index contributed by atoms with van der Waals surface area (Å²) < 4.78 is 37.8. The molecule has 1 N–H and O–H groups in total. The molecule has 0 aromatic rings. The lowest BCUT2D eigenvalue weighted by atomic mass is 10.1. The second kappa shape index (κ2) is 11.4. The Kier molecular flexibility index (Phi) is 10.3. The largest absolute Gasteiger partial charge is 0.379 e. The Labute approximate surface area is 136 Å². The molecule has 1 unspecified atom stereocenters. The summed E-state index contributed by atoms with van der Waals surface area (Å²) in [7, 11) is -4.00. The molecule has 0 radical (unpaired) electrons. The third-order valence-corrected chi connectivity index (χ3v) is 5.57. The van der Waals surface area contributed by atoms with Gasteiger partial charge in [0.05, 0.1) is 13.2 Å². The first-order valence-electron chi connectivity index (χ1n) is 8.83. The Morgan fingerprint density at radius 1 is 0.955 bits per heavy atom. The minimum absolute atomic E-state index is 0.522. The van der Waals surface area contributed by atoms with Crippen molar-refractivity contribution in [1.29, 1.82) is 0 Å². The van der Waals surface area contributed by atoms with Crippen LogP contribution < -0.4 is 0 Å². The van der Waals surface area contributed by atoms with Crippen molar-refractivity contribution in [2.75, 3.05) is 26.3 Å². The normalized spacial score (nSPS) is 18.5. The van der Waals surface area contributed by atoms with Crippen molar-refractivity contribution in [3.63, 3.8) is 0 Å². The highest BCUT2D eigenvalue weighted by atomic mass is 32.2. The summed E-state index contributed by atoms with van der Waals surface area (Å²) >= 11 is 0. The van der Waals surface area contributed by atoms with E-state index in [1.54, 1.807) is 0 Å². The predicted octanol–water partition coefficient (Wildman–Crippen LogP) is 3.45. The van der Waals surface area contributed by atoms with Gasteiger partial charge in [0.25, 0.3) is 10.1 Å². The van der Waals surface area contributed by atoms with E-state index in [0.717, 1.165) is 19.3 Å². The molecular weight excluding hydrogens is 302 g/mol. The lowest BCUT2D eigenvalue weighted by molar-refractivity contribution is 0.0281. The van der Waals surface area contributed by atoms with Gasteiger partial charge in [0.15, 0.2) is 0 Å². The second-order valence-electron chi connectivity index (χ2n) is 6.24. The quantitative estimate of drug-likeness (QED) is 0.437. The molecule has 1 atom stereocenters. The second-order valence-corrected chi connectivity index (χ2v) is 7.81. The summed E-state index contributed by atoms with van der Waals surface area (Å²) in [5, 5.41) is -0.749. The van der Waals surface area contributed by atoms with Crippen LogP contribution >= 0.6 is 0 Å². The van der Waals surface area contributed by atoms with Crippen molar-refractivity contribution in [2.24, 2.45) is 0 Å². The number of hydrogen-bond donors (Lipinski definition) is 1. The van der Waals surface area contributed by atoms with Crippen LogP contribution in [0.4, 0.5) is 0 Å². The molecule has 6 heteroatoms. The van der Waals surface area contributed by atoms with E-state index in [9.17, 15) is 13.0 Å². The molecule has 0 bridgehead atoms. The fourth-order valence-corrected chi connectivity index (χ4v) is 4.07. The van der Waals surface area contributed by atoms with Gasteiger partial charge in [-0.3, -0.25) is 9.45 Å². The van der Waals surface area contributed by atoms with Crippen LogP contribution in [0.1, 0.15) is 71.1 Å². The van der Waals surface area contributed by atoms with Crippen LogP contribution in [0, 0.1) is 0 Å². The molecule has 1 rings (SSSR count). The average molecular weight is 336 g/mol. The zero-order valence-corrected chi connectivity index (χ0v) is 14.8. The predicted molar refractivity (Wildman–Crippen MR) is 89.6 cm³/mol. The monoisotopic (exact) mass is 335 g/mol. The van der Waals surface area contributed by atoms with Crippen LogP contribution in [-0.4, -0.2) is 49.5 Å². The van der Waals surface area contributed by atoms with E-state index in [4.69, 9.17) is 4.74 Å². The van der Waals surface area contributed by atoms with Crippen molar-refractivity contribution in [3.8, 4) is 0 Å². The van der Waals surface area contributed by atoms with Crippen molar-refractivity contribution in [3.05, 3.63) is 0 Å². The number of morpholine rings is 1. The SMILES string of the molecule is CCCCCCCCCCCC(N1CCOCC1)S(=O)(=O)O. The van der Waals surface area contributed by atoms with Gasteiger partial charge in [-0.2, -0.15) is 8.42 Å². The smallest absolute Gasteiger partial charge is 0.281 e. The van der Waals surface area contributed by atoms with Gasteiger partial charge >= 0.3 is 0 Å². The summed E-state index contributed by atoms with van der Waals surface area (Å²) in [5.41, 5.74) is 0. The molecule has 1 fully saturated rings. The van der Waals surface area contributed by atoms with E-state index in [1.807, 2.05) is 4.90 Å². The van der Waals surface area contributed by atoms with E-state index in [2.05, 4.69) is 6.92 Å². The van der Waals surface area contributed by atoms with E-state index in [-0.39, 0.29) is 0 Å². The Morgan fingerprint density at radius 3 is 1.95 bits per heavy atom. The van der Waals surface area contributed by atoms with E-state index >= 15 is 0 Å². The Hall–Kier alpha value is -0.170. The average Bonchev–Trinajstić information content (AvgIpc) is 2.49. The van der Waals surface area contributed by atoms with Gasteiger partial charge in [-0.05, 0) is 6.42 Å². The number of unbranched alkanes of at least 4 members (excludes halogenated alkanes) is 8. The van der Waals surface area contributed by atoms with Gasteiger partial charge in [0.1, 0.15) is 5.37 Å². The molecule has 1 heterocycles. The first kappa shape index (κ1) is 19.9. The minimum atomic E-state index is -4.00. The van der Waals surface area contributed by atoms with Crippen LogP contribution in [-0.2, 0) is 14.9 Å². The summed E-state index contributed by atoms with van der Waals surface area (Å²) in [6.07, 6.45) is 11.4. The molecule has 1 aliphatic heterocycles. The number of rotatable bonds is 12. The van der Waals surface area contributed by atoms with Crippen molar-refractivity contribution in [1.82, 2.24) is 4.90 Å². The molecule has 0 aliphatic carbocycles. The Bertz CT molecular complexity index is 366. The van der Waals surface area contributed by atoms with Crippen molar-refractivity contribution in [2.45, 2.75) is 76.5 Å². The van der Waals surface area contributed by atoms with Crippen LogP contribution in [0.2, 0.25) is 0 Å². The summed E-state index contributed by atoms with van der Waals surface area (Å²) in [6, 6.07) is 0. The van der Waals surface area contributed by atoms with E-state index in [1.165, 1.54) is 38.5 Å². The zero-order chi connectivity index (χ0) is 16.3. The summed E-state index contributed by atoms with van der Waals surface area (Å²) in [4.78, 5) is 1.84.